The van der Waals surface area contributed by atoms with Crippen molar-refractivity contribution in [3.63, 3.8) is 0 Å². The van der Waals surface area contributed by atoms with Crippen molar-refractivity contribution in [2.45, 2.75) is 205 Å². The molecule has 4 N–H and O–H groups in total. The summed E-state index contributed by atoms with van der Waals surface area (Å²) in [5.74, 6) is -2.42. The van der Waals surface area contributed by atoms with Gasteiger partial charge in [-0.3, -0.25) is 4.79 Å². The van der Waals surface area contributed by atoms with Gasteiger partial charge in [-0.15, -0.1) is 0 Å². The molecule has 14 nitrogen and oxygen atoms in total. The molecule has 3 aliphatic heterocycles. The predicted molar refractivity (Wildman–Crippen MR) is 208 cm³/mol. The molecule has 3 saturated heterocycles. The first-order valence-electron chi connectivity index (χ1n) is 20.5. The highest BCUT2D eigenvalue weighted by Crippen LogP contribution is 2.40. The van der Waals surface area contributed by atoms with Crippen LogP contribution in [0.25, 0.3) is 0 Å². The molecule has 0 aromatic carbocycles. The van der Waals surface area contributed by atoms with E-state index in [0.717, 1.165) is 0 Å². The van der Waals surface area contributed by atoms with Crippen LogP contribution in [0.1, 0.15) is 109 Å². The third kappa shape index (κ3) is 11.4. The summed E-state index contributed by atoms with van der Waals surface area (Å²) in [6.07, 6.45) is -7.49. The quantitative estimate of drug-likeness (QED) is 0.251. The highest BCUT2D eigenvalue weighted by molar-refractivity contribution is 5.73. The molecule has 0 saturated carbocycles. The van der Waals surface area contributed by atoms with Gasteiger partial charge in [0.1, 0.15) is 30.0 Å². The molecule has 0 aliphatic carbocycles. The van der Waals surface area contributed by atoms with Crippen LogP contribution in [0.4, 0.5) is 0 Å². The van der Waals surface area contributed by atoms with Gasteiger partial charge in [-0.1, -0.05) is 20.8 Å². The number of hydrogen-bond acceptors (Lipinski definition) is 14. The highest BCUT2D eigenvalue weighted by Gasteiger charge is 2.53. The zero-order valence-electron chi connectivity index (χ0n) is 36.7. The van der Waals surface area contributed by atoms with Gasteiger partial charge in [-0.05, 0) is 109 Å². The summed E-state index contributed by atoms with van der Waals surface area (Å²) in [6.45, 7) is 22.6. The molecule has 0 aromatic rings. The molecule has 0 radical (unpaired) electrons. The Morgan fingerprint density at radius 3 is 2.13 bits per heavy atom. The van der Waals surface area contributed by atoms with E-state index in [2.05, 4.69) is 11.8 Å². The van der Waals surface area contributed by atoms with Crippen molar-refractivity contribution in [3.05, 3.63) is 0 Å². The van der Waals surface area contributed by atoms with Crippen LogP contribution in [0.5, 0.6) is 0 Å². The molecular formula is C41H78N2O12. The number of aliphatic hydroxyl groups excluding tert-OH is 2. The summed E-state index contributed by atoms with van der Waals surface area (Å²) in [7, 11) is 7.28. The minimum Gasteiger partial charge on any atom is -0.459 e. The molecule has 3 fully saturated rings. The topological polar surface area (TPSA) is 169 Å². The van der Waals surface area contributed by atoms with Crippen LogP contribution in [0.2, 0.25) is 0 Å². The highest BCUT2D eigenvalue weighted by atomic mass is 16.7. The lowest BCUT2D eigenvalue weighted by atomic mass is 9.77. The summed E-state index contributed by atoms with van der Waals surface area (Å²) >= 11 is 0. The molecule has 0 aromatic heterocycles. The third-order valence-electron chi connectivity index (χ3n) is 12.6. The molecule has 0 amide bonds. The van der Waals surface area contributed by atoms with Crippen molar-refractivity contribution >= 4 is 5.97 Å². The number of methoxy groups -OCH3 is 1. The number of carbonyl (C=O) groups is 1. The Kier molecular flexibility index (Phi) is 17.0. The van der Waals surface area contributed by atoms with E-state index in [1.807, 2.05) is 67.6 Å². The van der Waals surface area contributed by atoms with Gasteiger partial charge in [0.05, 0.1) is 47.6 Å². The maximum Gasteiger partial charge on any atom is 0.311 e. The van der Waals surface area contributed by atoms with Crippen molar-refractivity contribution < 1.29 is 58.4 Å². The fourth-order valence-corrected chi connectivity index (χ4v) is 9.26. The van der Waals surface area contributed by atoms with Gasteiger partial charge in [-0.25, -0.2) is 0 Å². The Balaban J connectivity index is 2.21. The summed E-state index contributed by atoms with van der Waals surface area (Å²) in [4.78, 5) is 18.5. The number of nitrogens with zero attached hydrogens (tertiary/aromatic N) is 2. The number of esters is 1. The number of aliphatic hydroxyl groups is 4. The van der Waals surface area contributed by atoms with Crippen LogP contribution in [0.3, 0.4) is 0 Å². The van der Waals surface area contributed by atoms with Gasteiger partial charge in [0.15, 0.2) is 12.6 Å². The zero-order chi connectivity index (χ0) is 42.0. The lowest BCUT2D eigenvalue weighted by Gasteiger charge is -2.48. The van der Waals surface area contributed by atoms with Crippen LogP contribution in [0.15, 0.2) is 0 Å². The Labute approximate surface area is 331 Å². The molecular weight excluding hydrogens is 712 g/mol. The smallest absolute Gasteiger partial charge is 0.311 e. The summed E-state index contributed by atoms with van der Waals surface area (Å²) < 4.78 is 44.4. The minimum atomic E-state index is -1.59. The Morgan fingerprint density at radius 1 is 0.964 bits per heavy atom. The van der Waals surface area contributed by atoms with Crippen LogP contribution in [-0.2, 0) is 38.0 Å². The van der Waals surface area contributed by atoms with Gasteiger partial charge < -0.3 is 63.4 Å². The summed E-state index contributed by atoms with van der Waals surface area (Å²) in [5, 5.41) is 47.5. The number of rotatable bonds is 9. The number of hydrogen-bond donors (Lipinski definition) is 4. The summed E-state index contributed by atoms with van der Waals surface area (Å²) in [6, 6.07) is -0.574. The van der Waals surface area contributed by atoms with Crippen molar-refractivity contribution in [2.75, 3.05) is 34.8 Å². The third-order valence-corrected chi connectivity index (χ3v) is 12.6. The first-order chi connectivity index (χ1) is 25.3. The first-order valence-corrected chi connectivity index (χ1v) is 20.5. The van der Waals surface area contributed by atoms with Crippen molar-refractivity contribution in [2.24, 2.45) is 17.8 Å². The van der Waals surface area contributed by atoms with E-state index in [4.69, 9.17) is 33.2 Å². The average molecular weight is 791 g/mol. The lowest BCUT2D eigenvalue weighted by molar-refractivity contribution is -0.318. The number of ether oxygens (including phenoxy) is 7. The molecule has 3 aliphatic rings. The van der Waals surface area contributed by atoms with Gasteiger partial charge in [-0.2, -0.15) is 0 Å². The molecule has 3 rings (SSSR count). The van der Waals surface area contributed by atoms with Gasteiger partial charge in [0.2, 0.25) is 0 Å². The molecule has 0 spiro atoms. The van der Waals surface area contributed by atoms with E-state index in [1.165, 1.54) is 7.11 Å². The second-order valence-electron chi connectivity index (χ2n) is 18.3. The van der Waals surface area contributed by atoms with Crippen molar-refractivity contribution in [1.82, 2.24) is 9.80 Å². The second kappa shape index (κ2) is 19.4. The average Bonchev–Trinajstić information content (AvgIpc) is 3.08. The molecule has 18 unspecified atom stereocenters. The van der Waals surface area contributed by atoms with Gasteiger partial charge >= 0.3 is 5.97 Å². The van der Waals surface area contributed by atoms with E-state index >= 15 is 0 Å². The molecule has 324 valence electrons. The molecule has 18 atom stereocenters. The van der Waals surface area contributed by atoms with E-state index in [-0.39, 0.29) is 43.1 Å². The van der Waals surface area contributed by atoms with E-state index < -0.39 is 89.9 Å². The Bertz CT molecular complexity index is 1210. The fraction of sp³-hybridized carbons (Fsp3) is 0.976. The van der Waals surface area contributed by atoms with Crippen LogP contribution < -0.4 is 0 Å². The van der Waals surface area contributed by atoms with E-state index in [0.29, 0.717) is 19.4 Å². The lowest BCUT2D eigenvalue weighted by Crippen LogP contribution is -2.61. The Morgan fingerprint density at radius 2 is 1.58 bits per heavy atom. The first kappa shape index (κ1) is 48.4. The SMILES string of the molecule is CCC1OC(=O)C(C)C(OC2CC(C)(OC)C(O)C(C)O2)C(C)C(OC2OC(C)CC(N(C)C)C2O)C(C)(O)CC(C)CN(C)C(C)C(OC(C)C)C1(C)O. The monoisotopic (exact) mass is 791 g/mol. The van der Waals surface area contributed by atoms with E-state index in [1.54, 1.807) is 34.6 Å². The molecule has 0 bridgehead atoms. The van der Waals surface area contributed by atoms with Gasteiger partial charge in [0.25, 0.3) is 0 Å². The van der Waals surface area contributed by atoms with Crippen molar-refractivity contribution in [3.8, 4) is 0 Å². The van der Waals surface area contributed by atoms with E-state index in [9.17, 15) is 25.2 Å². The molecule has 14 heteroatoms. The fourth-order valence-electron chi connectivity index (χ4n) is 9.26. The standard InChI is InChI=1S/C41H78N2O12/c1-17-30-41(12,48)36(50-22(2)3)27(8)43(15)21-23(4)19-39(10,47)35(55-38-32(44)29(42(13)14)18-24(5)51-38)25(6)33(26(7)37(46)53-30)54-31-20-40(11,49-16)34(45)28(9)52-31/h22-36,38,44-45,47-48H,17-21H2,1-16H3. The maximum atomic E-state index is 14.5. The van der Waals surface area contributed by atoms with Gasteiger partial charge in [0, 0.05) is 38.1 Å². The maximum absolute atomic E-state index is 14.5. The molecule has 3 heterocycles. The summed E-state index contributed by atoms with van der Waals surface area (Å²) in [5.41, 5.74) is -4.13. The largest absolute Gasteiger partial charge is 0.459 e. The normalized spacial score (nSPS) is 47.7. The van der Waals surface area contributed by atoms with Crippen LogP contribution in [0, 0.1) is 17.8 Å². The second-order valence-corrected chi connectivity index (χ2v) is 18.3. The number of likely N-dealkylation sites (N-methyl/N-ethyl adjacent to an activating group) is 2. The minimum absolute atomic E-state index is 0.0933. The number of cyclic esters (lactones) is 1. The Hall–Kier alpha value is -1.01. The predicted octanol–water partition coefficient (Wildman–Crippen LogP) is 3.33. The zero-order valence-corrected chi connectivity index (χ0v) is 36.7. The number of carbonyl (C=O) groups excluding carboxylic acids is 1. The van der Waals surface area contributed by atoms with Crippen LogP contribution in [-0.4, -0.2) is 167 Å². The van der Waals surface area contributed by atoms with Crippen molar-refractivity contribution in [1.29, 1.82) is 0 Å². The molecule has 55 heavy (non-hydrogen) atoms. The van der Waals surface area contributed by atoms with Crippen LogP contribution >= 0.6 is 0 Å².